The molecular formula is C49H70N8O8S4. The van der Waals surface area contributed by atoms with Crippen LogP contribution in [-0.2, 0) is 59.4 Å². The molecule has 4 atom stereocenters. The number of nitrogens with zero attached hydrogens (tertiary/aromatic N) is 6. The topological polar surface area (TPSA) is 189 Å². The molecule has 0 unspecified atom stereocenters. The lowest BCUT2D eigenvalue weighted by Crippen LogP contribution is -2.62. The van der Waals surface area contributed by atoms with Gasteiger partial charge in [-0.05, 0) is 91.1 Å². The number of likely N-dealkylation sites (tertiary alicyclic amines) is 1. The van der Waals surface area contributed by atoms with Crippen LogP contribution in [0.1, 0.15) is 70.7 Å². The molecule has 69 heavy (non-hydrogen) atoms. The normalized spacial score (nSPS) is 19.4. The molecule has 3 aliphatic heterocycles. The van der Waals surface area contributed by atoms with E-state index in [9.17, 15) is 29.1 Å². The lowest BCUT2D eigenvalue weighted by molar-refractivity contribution is -0.155. The van der Waals surface area contributed by atoms with Gasteiger partial charge in [0.25, 0.3) is 5.91 Å². The predicted molar refractivity (Wildman–Crippen MR) is 286 cm³/mol. The summed E-state index contributed by atoms with van der Waals surface area (Å²) in [6.07, 6.45) is 6.42. The van der Waals surface area contributed by atoms with Crippen LogP contribution >= 0.6 is 54.0 Å². The molecule has 6 bridgehead atoms. The molecule has 0 saturated carbocycles. The zero-order chi connectivity index (χ0) is 46.7. The molecule has 378 valence electrons. The summed E-state index contributed by atoms with van der Waals surface area (Å²) in [7, 11) is 3.20. The number of carbonyl (C=O) groups is 5. The zero-order valence-corrected chi connectivity index (χ0v) is 44.6. The van der Waals surface area contributed by atoms with Gasteiger partial charge in [-0.3, -0.25) is 38.9 Å². The van der Waals surface area contributed by atoms with E-state index in [2.05, 4.69) is 59.8 Å². The van der Waals surface area contributed by atoms with E-state index in [4.69, 9.17) is 14.5 Å². The van der Waals surface area contributed by atoms with Gasteiger partial charge in [-0.1, -0.05) is 46.4 Å². The number of fused-ring (bicyclic) bond motifs is 6. The van der Waals surface area contributed by atoms with Crippen molar-refractivity contribution in [2.24, 2.45) is 17.3 Å². The van der Waals surface area contributed by atoms with Crippen LogP contribution in [-0.4, -0.2) is 123 Å². The maximum atomic E-state index is 14.7. The van der Waals surface area contributed by atoms with Gasteiger partial charge in [0.1, 0.15) is 29.6 Å². The monoisotopic (exact) mass is 1030 g/mol. The number of carbonyl (C=O) groups excluding carboxylic acids is 5. The Morgan fingerprint density at radius 2 is 1.77 bits per heavy atom. The van der Waals surface area contributed by atoms with Gasteiger partial charge in [0, 0.05) is 75.5 Å². The Labute approximate surface area is 433 Å². The number of aromatic hydroxyl groups is 1. The summed E-state index contributed by atoms with van der Waals surface area (Å²) >= 11 is 0. The highest BCUT2D eigenvalue weighted by Crippen LogP contribution is 2.41. The van der Waals surface area contributed by atoms with Crippen LogP contribution in [0.3, 0.4) is 0 Å². The molecule has 0 spiro atoms. The largest absolute Gasteiger partial charge is 0.508 e. The number of aryl methyl sites for hydroxylation is 1. The number of esters is 1. The number of benzene rings is 2. The second-order valence-electron chi connectivity index (χ2n) is 18.6. The number of methoxy groups -OCH3 is 1. The highest BCUT2D eigenvalue weighted by molar-refractivity contribution is 7.59. The van der Waals surface area contributed by atoms with Gasteiger partial charge in [-0.25, -0.2) is 5.43 Å². The lowest BCUT2D eigenvalue weighted by atomic mass is 9.84. The van der Waals surface area contributed by atoms with Gasteiger partial charge < -0.3 is 34.3 Å². The number of nitrogens with one attached hydrogen (secondary N) is 2. The quantitative estimate of drug-likeness (QED) is 0.139. The molecule has 2 aromatic carbocycles. The first kappa shape index (κ1) is 58.6. The Bertz CT molecular complexity index is 2500. The molecule has 3 N–H and O–H groups in total. The van der Waals surface area contributed by atoms with Gasteiger partial charge in [0.05, 0.1) is 30.5 Å². The Morgan fingerprint density at radius 1 is 1.04 bits per heavy atom. The van der Waals surface area contributed by atoms with Crippen molar-refractivity contribution in [3.8, 4) is 28.3 Å². The molecular weight excluding hydrogens is 957 g/mol. The predicted octanol–water partition coefficient (Wildman–Crippen LogP) is 5.25. The highest BCUT2D eigenvalue weighted by atomic mass is 32.1. The maximum absolute atomic E-state index is 14.7. The Morgan fingerprint density at radius 3 is 2.45 bits per heavy atom. The summed E-state index contributed by atoms with van der Waals surface area (Å²) < 4.78 is 13.8. The van der Waals surface area contributed by atoms with E-state index in [1.165, 1.54) is 16.0 Å². The van der Waals surface area contributed by atoms with Crippen LogP contribution < -0.4 is 10.7 Å². The first-order valence-corrected chi connectivity index (χ1v) is 22.5. The molecule has 20 heteroatoms. The molecule has 2 fully saturated rings. The van der Waals surface area contributed by atoms with E-state index in [-0.39, 0.29) is 110 Å². The minimum absolute atomic E-state index is 0. The number of phenolic OH excluding ortho intramolecular Hbond substituents is 1. The van der Waals surface area contributed by atoms with Crippen LogP contribution in [0.5, 0.6) is 5.75 Å². The molecule has 4 aromatic rings. The average molecular weight is 1030 g/mol. The number of cyclic esters (lactones) is 1. The Kier molecular flexibility index (Phi) is 21.1. The third-order valence-corrected chi connectivity index (χ3v) is 12.8. The minimum Gasteiger partial charge on any atom is -0.508 e. The van der Waals surface area contributed by atoms with E-state index in [0.29, 0.717) is 61.3 Å². The van der Waals surface area contributed by atoms with Crippen LogP contribution in [0.4, 0.5) is 0 Å². The number of hydrazine groups is 1. The number of phenols is 1. The fourth-order valence-electron chi connectivity index (χ4n) is 9.68. The summed E-state index contributed by atoms with van der Waals surface area (Å²) in [6.45, 7) is 15.3. The fraction of sp³-hybridized carbons (Fsp3) is 0.490. The van der Waals surface area contributed by atoms with Crippen molar-refractivity contribution in [1.82, 2.24) is 40.1 Å². The first-order chi connectivity index (χ1) is 31.0. The minimum atomic E-state index is -1.17. The molecule has 7 rings (SSSR count). The van der Waals surface area contributed by atoms with Gasteiger partial charge in [-0.15, -0.1) is 0 Å². The second-order valence-corrected chi connectivity index (χ2v) is 18.6. The average Bonchev–Trinajstić information content (AvgIpc) is 3.90. The van der Waals surface area contributed by atoms with Gasteiger partial charge in [-0.2, -0.15) is 54.0 Å². The number of ether oxygens (including phenoxy) is 2. The molecule has 4 amide bonds. The summed E-state index contributed by atoms with van der Waals surface area (Å²) in [5.74, 6) is -2.91. The molecule has 16 nitrogen and oxygen atoms in total. The summed E-state index contributed by atoms with van der Waals surface area (Å²) in [5, 5.41) is 16.6. The van der Waals surface area contributed by atoms with Crippen molar-refractivity contribution in [3.63, 3.8) is 0 Å². The SMILES string of the molecule is C=CC(=O)N1CC[C@H](C(=O)N(C)[C@H](C(=O)N[C@H]2Cc3cc(O)cc(c3)-c3ccc4c(c3)c(c(-c3nccnc3COC)n4CC)CC(C)(C)COC(=O)[C@@H]3CCCN(N3)C2=O)C(C)C)C1.S.S.S.S. The molecule has 5 heterocycles. The van der Waals surface area contributed by atoms with Crippen LogP contribution in [0.15, 0.2) is 61.4 Å². The number of amides is 4. The first-order valence-electron chi connectivity index (χ1n) is 22.5. The standard InChI is InChI=1S/C49H62N8O8.4H2S/c1-9-41(59)55-19-15-32(26-55)46(61)54(7)43(29(3)4)45(60)52-38-22-30-20-33(23-34(58)21-30)31-13-14-40-35(24-31)36(44(56(40)10-2)42-39(27-64-8)50-16-17-51-42)25-49(5,6)28-65-48(63)37-12-11-18-57(53-37)47(38)62;;;;/h9,13-14,16-17,20-21,23-24,29,32,37-38,43,53,58H,1,10-12,15,18-19,22,25-28H2,2-8H3,(H,52,60);4*1H2/t32-,37-,38-,43-;;;;/m0..../s1. The molecule has 3 aliphatic rings. The summed E-state index contributed by atoms with van der Waals surface area (Å²) in [4.78, 5) is 81.7. The van der Waals surface area contributed by atoms with E-state index in [1.54, 1.807) is 43.6 Å². The van der Waals surface area contributed by atoms with Gasteiger partial charge >= 0.3 is 5.97 Å². The molecule has 2 aromatic heterocycles. The number of rotatable bonds is 10. The summed E-state index contributed by atoms with van der Waals surface area (Å²) in [5.41, 5.74) is 8.88. The lowest BCUT2D eigenvalue weighted by Gasteiger charge is -2.37. The van der Waals surface area contributed by atoms with Crippen LogP contribution in [0.25, 0.3) is 33.4 Å². The smallest absolute Gasteiger partial charge is 0.324 e. The van der Waals surface area contributed by atoms with E-state index >= 15 is 0 Å². The van der Waals surface area contributed by atoms with Crippen molar-refractivity contribution < 1.29 is 38.6 Å². The van der Waals surface area contributed by atoms with Gasteiger partial charge in [0.15, 0.2) is 0 Å². The fourth-order valence-corrected chi connectivity index (χ4v) is 9.68. The van der Waals surface area contributed by atoms with E-state index in [0.717, 1.165) is 27.7 Å². The third kappa shape index (κ3) is 12.8. The van der Waals surface area contributed by atoms with Crippen molar-refractivity contribution >= 4 is 94.5 Å². The van der Waals surface area contributed by atoms with E-state index in [1.807, 2.05) is 26.0 Å². The molecule has 0 radical (unpaired) electrons. The maximum Gasteiger partial charge on any atom is 0.324 e. The Balaban J connectivity index is 0.00000315. The number of hydrogen-bond donors (Lipinski definition) is 3. The van der Waals surface area contributed by atoms with Crippen molar-refractivity contribution in [1.29, 1.82) is 0 Å². The van der Waals surface area contributed by atoms with Crippen molar-refractivity contribution in [2.75, 3.05) is 40.4 Å². The van der Waals surface area contributed by atoms with Crippen molar-refractivity contribution in [2.45, 2.75) is 98.0 Å². The zero-order valence-electron chi connectivity index (χ0n) is 40.6. The number of aromatic nitrogens is 3. The third-order valence-electron chi connectivity index (χ3n) is 12.8. The van der Waals surface area contributed by atoms with Crippen LogP contribution in [0, 0.1) is 17.3 Å². The van der Waals surface area contributed by atoms with E-state index < -0.39 is 47.2 Å². The number of hydrogen-bond acceptors (Lipinski definition) is 11. The second kappa shape index (κ2) is 24.9. The molecule has 2 saturated heterocycles. The highest BCUT2D eigenvalue weighted by Gasteiger charge is 2.40. The Hall–Kier alpha value is -4.73. The summed E-state index contributed by atoms with van der Waals surface area (Å²) in [6, 6.07) is 8.36. The molecule has 0 aliphatic carbocycles. The van der Waals surface area contributed by atoms with Crippen molar-refractivity contribution in [3.05, 3.63) is 78.3 Å². The van der Waals surface area contributed by atoms with Crippen LogP contribution in [0.2, 0.25) is 0 Å². The van der Waals surface area contributed by atoms with Gasteiger partial charge in [0.2, 0.25) is 17.7 Å². The number of likely N-dealkylation sites (N-methyl/N-ethyl adjacent to an activating group) is 1.